The van der Waals surface area contributed by atoms with E-state index in [2.05, 4.69) is 15.0 Å². The fourth-order valence-corrected chi connectivity index (χ4v) is 4.75. The molecule has 0 saturated carbocycles. The minimum atomic E-state index is -3.46. The molecule has 1 aliphatic rings. The average Bonchev–Trinajstić information content (AvgIpc) is 2.90. The Hall–Kier alpha value is -0.960. The highest BCUT2D eigenvalue weighted by molar-refractivity contribution is 7.94. The van der Waals surface area contributed by atoms with E-state index in [1.165, 1.54) is 22.7 Å². The first-order valence-corrected chi connectivity index (χ1v) is 8.09. The molecule has 0 fully saturated rings. The lowest BCUT2D eigenvalue weighted by atomic mass is 10.4. The number of rotatable bonds is 3. The van der Waals surface area contributed by atoms with Gasteiger partial charge >= 0.3 is 0 Å². The van der Waals surface area contributed by atoms with Crippen LogP contribution in [0, 0.1) is 0 Å². The van der Waals surface area contributed by atoms with Gasteiger partial charge in [0.25, 0.3) is 10.0 Å². The van der Waals surface area contributed by atoms with E-state index in [9.17, 15) is 8.42 Å². The number of thiazole rings is 1. The zero-order valence-electron chi connectivity index (χ0n) is 8.63. The number of nitrogens with one attached hydrogen (secondary N) is 2. The van der Waals surface area contributed by atoms with E-state index in [4.69, 9.17) is 0 Å². The maximum atomic E-state index is 11.9. The zero-order chi connectivity index (χ0) is 11.9. The van der Waals surface area contributed by atoms with Crippen molar-refractivity contribution in [2.24, 2.45) is 0 Å². The van der Waals surface area contributed by atoms with Crippen LogP contribution in [0.15, 0.2) is 21.7 Å². The van der Waals surface area contributed by atoms with E-state index in [0.29, 0.717) is 15.9 Å². The topological polar surface area (TPSA) is 71.1 Å². The molecule has 90 valence electrons. The normalized spacial score (nSPS) is 14.8. The number of nitrogens with zero attached hydrogens (tertiary/aromatic N) is 1. The maximum absolute atomic E-state index is 11.9. The smallest absolute Gasteiger partial charge is 0.273 e. The second kappa shape index (κ2) is 4.05. The van der Waals surface area contributed by atoms with Crippen molar-refractivity contribution in [3.8, 4) is 0 Å². The largest absolute Gasteiger partial charge is 0.306 e. The lowest BCUT2D eigenvalue weighted by Crippen LogP contribution is -2.11. The molecule has 5 nitrogen and oxygen atoms in total. The monoisotopic (exact) mass is 287 g/mol. The molecular formula is C9H9N3O2S3. The van der Waals surface area contributed by atoms with E-state index in [-0.39, 0.29) is 0 Å². The van der Waals surface area contributed by atoms with Crippen molar-refractivity contribution < 1.29 is 8.42 Å². The Kier molecular flexibility index (Phi) is 2.66. The van der Waals surface area contributed by atoms with Crippen molar-refractivity contribution in [2.45, 2.75) is 17.3 Å². The highest BCUT2D eigenvalue weighted by atomic mass is 32.2. The lowest BCUT2D eigenvalue weighted by molar-refractivity contribution is 0.603. The van der Waals surface area contributed by atoms with Crippen LogP contribution in [0.1, 0.15) is 10.6 Å². The predicted molar refractivity (Wildman–Crippen MR) is 67.8 cm³/mol. The molecule has 1 aliphatic heterocycles. The van der Waals surface area contributed by atoms with E-state index in [1.807, 2.05) is 0 Å². The molecule has 8 heteroatoms. The fourth-order valence-electron chi connectivity index (χ4n) is 1.58. The summed E-state index contributed by atoms with van der Waals surface area (Å²) in [6.45, 7) is 1.49. The van der Waals surface area contributed by atoms with Crippen molar-refractivity contribution in [3.63, 3.8) is 0 Å². The van der Waals surface area contributed by atoms with Gasteiger partial charge in [0.1, 0.15) is 4.21 Å². The predicted octanol–water partition coefficient (Wildman–Crippen LogP) is 1.61. The van der Waals surface area contributed by atoms with Gasteiger partial charge in [-0.2, -0.15) is 0 Å². The quantitative estimate of drug-likeness (QED) is 0.899. The molecule has 0 aliphatic carbocycles. The first-order valence-electron chi connectivity index (χ1n) is 4.91. The standard InChI is InChI=1S/C9H9N3O2S3/c13-17(14,8-2-1-3-15-8)12-9-11-6-4-10-5-7(6)16-9/h1-3,10H,4-5H2,(H,11,12). The summed E-state index contributed by atoms with van der Waals surface area (Å²) in [5, 5.41) is 5.34. The molecule has 2 aromatic rings. The summed E-state index contributed by atoms with van der Waals surface area (Å²) in [5.41, 5.74) is 0.943. The number of thiophene rings is 1. The van der Waals surface area contributed by atoms with E-state index in [0.717, 1.165) is 17.1 Å². The van der Waals surface area contributed by atoms with Gasteiger partial charge in [-0.25, -0.2) is 13.4 Å². The van der Waals surface area contributed by atoms with Gasteiger partial charge in [-0.05, 0) is 11.4 Å². The number of aromatic nitrogens is 1. The Morgan fingerprint density at radius 1 is 1.41 bits per heavy atom. The highest BCUT2D eigenvalue weighted by Gasteiger charge is 2.21. The van der Waals surface area contributed by atoms with Crippen molar-refractivity contribution in [1.29, 1.82) is 0 Å². The van der Waals surface area contributed by atoms with Crippen LogP contribution in [-0.2, 0) is 23.1 Å². The SMILES string of the molecule is O=S(=O)(Nc1nc2c(s1)CNC2)c1cccs1. The average molecular weight is 287 g/mol. The van der Waals surface area contributed by atoms with Gasteiger partial charge in [-0.1, -0.05) is 17.4 Å². The summed E-state index contributed by atoms with van der Waals surface area (Å²) in [4.78, 5) is 5.36. The summed E-state index contributed by atoms with van der Waals surface area (Å²) in [6, 6.07) is 3.29. The minimum absolute atomic E-state index is 0.311. The summed E-state index contributed by atoms with van der Waals surface area (Å²) < 4.78 is 26.7. The van der Waals surface area contributed by atoms with Crippen molar-refractivity contribution >= 4 is 37.8 Å². The number of sulfonamides is 1. The Labute approximate surface area is 107 Å². The third-order valence-electron chi connectivity index (χ3n) is 2.34. The molecule has 17 heavy (non-hydrogen) atoms. The first-order chi connectivity index (χ1) is 8.15. The number of fused-ring (bicyclic) bond motifs is 1. The van der Waals surface area contributed by atoms with Gasteiger partial charge in [0.05, 0.1) is 5.69 Å². The highest BCUT2D eigenvalue weighted by Crippen LogP contribution is 2.28. The van der Waals surface area contributed by atoms with Gasteiger partial charge in [0.15, 0.2) is 5.13 Å². The molecule has 3 heterocycles. The Morgan fingerprint density at radius 2 is 2.29 bits per heavy atom. The second-order valence-electron chi connectivity index (χ2n) is 3.53. The molecule has 0 atom stereocenters. The molecule has 0 saturated heterocycles. The third kappa shape index (κ3) is 2.08. The molecule has 0 aromatic carbocycles. The Balaban J connectivity index is 1.87. The van der Waals surface area contributed by atoms with Crippen LogP contribution in [0.4, 0.5) is 5.13 Å². The Morgan fingerprint density at radius 3 is 3.00 bits per heavy atom. The second-order valence-corrected chi connectivity index (χ2v) is 7.47. The van der Waals surface area contributed by atoms with Crippen LogP contribution < -0.4 is 10.0 Å². The summed E-state index contributed by atoms with van der Waals surface area (Å²) in [5.74, 6) is 0. The molecule has 2 N–H and O–H groups in total. The first kappa shape index (κ1) is 11.1. The van der Waals surface area contributed by atoms with Gasteiger partial charge in [-0.15, -0.1) is 11.3 Å². The minimum Gasteiger partial charge on any atom is -0.306 e. The molecule has 0 spiro atoms. The number of hydrogen-bond acceptors (Lipinski definition) is 6. The number of anilines is 1. The van der Waals surface area contributed by atoms with Gasteiger partial charge in [0.2, 0.25) is 0 Å². The van der Waals surface area contributed by atoms with Crippen LogP contribution in [0.3, 0.4) is 0 Å². The van der Waals surface area contributed by atoms with Crippen molar-refractivity contribution in [2.75, 3.05) is 4.72 Å². The van der Waals surface area contributed by atoms with E-state index < -0.39 is 10.0 Å². The fraction of sp³-hybridized carbons (Fsp3) is 0.222. The molecule has 0 radical (unpaired) electrons. The third-order valence-corrected chi connectivity index (χ3v) is 6.22. The maximum Gasteiger partial charge on any atom is 0.273 e. The lowest BCUT2D eigenvalue weighted by Gasteiger charge is -2.01. The van der Waals surface area contributed by atoms with Crippen LogP contribution >= 0.6 is 22.7 Å². The van der Waals surface area contributed by atoms with Crippen molar-refractivity contribution in [1.82, 2.24) is 10.3 Å². The summed E-state index contributed by atoms with van der Waals surface area (Å²) in [7, 11) is -3.46. The molecular weight excluding hydrogens is 278 g/mol. The molecule has 3 rings (SSSR count). The summed E-state index contributed by atoms with van der Waals surface area (Å²) >= 11 is 2.58. The van der Waals surface area contributed by atoms with Crippen molar-refractivity contribution in [3.05, 3.63) is 28.1 Å². The van der Waals surface area contributed by atoms with Crippen LogP contribution in [0.2, 0.25) is 0 Å². The number of hydrogen-bond donors (Lipinski definition) is 2. The molecule has 0 unspecified atom stereocenters. The van der Waals surface area contributed by atoms with Crippen LogP contribution in [0.5, 0.6) is 0 Å². The molecule has 0 bridgehead atoms. The molecule has 0 amide bonds. The van der Waals surface area contributed by atoms with Gasteiger partial charge < -0.3 is 5.32 Å². The zero-order valence-corrected chi connectivity index (χ0v) is 11.1. The molecule has 2 aromatic heterocycles. The van der Waals surface area contributed by atoms with Crippen LogP contribution in [-0.4, -0.2) is 13.4 Å². The summed E-state index contributed by atoms with van der Waals surface area (Å²) in [6.07, 6.45) is 0. The van der Waals surface area contributed by atoms with Crippen LogP contribution in [0.25, 0.3) is 0 Å². The van der Waals surface area contributed by atoms with Gasteiger partial charge in [0, 0.05) is 18.0 Å². The van der Waals surface area contributed by atoms with E-state index >= 15 is 0 Å². The van der Waals surface area contributed by atoms with Gasteiger partial charge in [-0.3, -0.25) is 4.72 Å². The van der Waals surface area contributed by atoms with E-state index in [1.54, 1.807) is 17.5 Å². The Bertz CT molecular complexity index is 609.